The van der Waals surface area contributed by atoms with Crippen LogP contribution < -0.4 is 5.32 Å². The predicted octanol–water partition coefficient (Wildman–Crippen LogP) is 2.18. The lowest BCUT2D eigenvalue weighted by molar-refractivity contribution is -0.113. The summed E-state index contributed by atoms with van der Waals surface area (Å²) in [6.07, 6.45) is 0. The summed E-state index contributed by atoms with van der Waals surface area (Å²) in [6.45, 7) is 1.47. The third-order valence-electron chi connectivity index (χ3n) is 3.65. The van der Waals surface area contributed by atoms with Crippen LogP contribution in [0.1, 0.15) is 25.6 Å². The van der Waals surface area contributed by atoms with Crippen molar-refractivity contribution in [1.82, 2.24) is 0 Å². The number of sulfone groups is 1. The second-order valence-electron chi connectivity index (χ2n) is 5.50. The topological polar surface area (TPSA) is 116 Å². The zero-order chi connectivity index (χ0) is 21.1. The summed E-state index contributed by atoms with van der Waals surface area (Å²) in [5.74, 6) is -4.01. The molecule has 0 unspecified atom stereocenters. The first-order valence-electron chi connectivity index (χ1n) is 7.69. The third-order valence-corrected chi connectivity index (χ3v) is 6.47. The number of thiophene rings is 1. The minimum Gasteiger partial charge on any atom is -0.465 e. The summed E-state index contributed by atoms with van der Waals surface area (Å²) in [6, 6.07) is 4.02. The Bertz CT molecular complexity index is 1030. The van der Waals surface area contributed by atoms with Crippen molar-refractivity contribution in [1.29, 1.82) is 0 Å². The van der Waals surface area contributed by atoms with Crippen molar-refractivity contribution in [3.63, 3.8) is 0 Å². The summed E-state index contributed by atoms with van der Waals surface area (Å²) in [7, 11) is -1.75. The first-order valence-corrected chi connectivity index (χ1v) is 10.2. The van der Waals surface area contributed by atoms with Gasteiger partial charge in [-0.25, -0.2) is 22.4 Å². The maximum atomic E-state index is 13.0. The molecule has 0 bridgehead atoms. The number of hydrogen-bond donors (Lipinski definition) is 1. The average molecular weight is 429 g/mol. The molecule has 0 saturated carbocycles. The maximum Gasteiger partial charge on any atom is 0.348 e. The Labute approximate surface area is 164 Å². The Hall–Kier alpha value is -2.79. The van der Waals surface area contributed by atoms with Crippen LogP contribution in [-0.4, -0.2) is 46.2 Å². The fourth-order valence-electron chi connectivity index (χ4n) is 2.30. The summed E-state index contributed by atoms with van der Waals surface area (Å²) in [5.41, 5.74) is 0.167. The van der Waals surface area contributed by atoms with Crippen molar-refractivity contribution in [3.8, 4) is 0 Å². The molecule has 1 aromatic carbocycles. The smallest absolute Gasteiger partial charge is 0.348 e. The number of anilines is 1. The number of methoxy groups -OCH3 is 2. The largest absolute Gasteiger partial charge is 0.465 e. The Morgan fingerprint density at radius 2 is 1.64 bits per heavy atom. The van der Waals surface area contributed by atoms with Gasteiger partial charge in [0.25, 0.3) is 0 Å². The number of carbonyl (C=O) groups excluding carboxylic acids is 3. The van der Waals surface area contributed by atoms with E-state index in [1.54, 1.807) is 0 Å². The molecule has 1 amide bonds. The maximum absolute atomic E-state index is 13.0. The van der Waals surface area contributed by atoms with Crippen LogP contribution >= 0.6 is 11.3 Å². The van der Waals surface area contributed by atoms with Gasteiger partial charge in [-0.2, -0.15) is 0 Å². The van der Waals surface area contributed by atoms with Crippen LogP contribution in [0, 0.1) is 12.7 Å². The van der Waals surface area contributed by atoms with Crippen LogP contribution in [0.25, 0.3) is 0 Å². The molecule has 0 aliphatic heterocycles. The van der Waals surface area contributed by atoms with Crippen molar-refractivity contribution >= 4 is 44.0 Å². The lowest BCUT2D eigenvalue weighted by Gasteiger charge is -2.07. The van der Waals surface area contributed by atoms with Crippen LogP contribution in [-0.2, 0) is 24.1 Å². The monoisotopic (exact) mass is 429 g/mol. The van der Waals surface area contributed by atoms with E-state index < -0.39 is 39.3 Å². The number of amides is 1. The summed E-state index contributed by atoms with van der Waals surface area (Å²) in [4.78, 5) is 36.0. The molecule has 11 heteroatoms. The number of rotatable bonds is 6. The summed E-state index contributed by atoms with van der Waals surface area (Å²) in [5, 5.41) is 2.28. The highest BCUT2D eigenvalue weighted by Gasteiger charge is 2.28. The first-order chi connectivity index (χ1) is 13.1. The minimum atomic E-state index is -4.04. The molecule has 28 heavy (non-hydrogen) atoms. The fourth-order valence-corrected chi connectivity index (χ4v) is 4.56. The lowest BCUT2D eigenvalue weighted by Crippen LogP contribution is -2.23. The van der Waals surface area contributed by atoms with Crippen molar-refractivity contribution in [2.75, 3.05) is 25.3 Å². The third kappa shape index (κ3) is 4.54. The van der Waals surface area contributed by atoms with E-state index in [0.29, 0.717) is 0 Å². The van der Waals surface area contributed by atoms with Gasteiger partial charge in [0.1, 0.15) is 21.4 Å². The van der Waals surface area contributed by atoms with E-state index in [1.165, 1.54) is 6.92 Å². The van der Waals surface area contributed by atoms with Crippen LogP contribution in [0.2, 0.25) is 0 Å². The quantitative estimate of drug-likeness (QED) is 0.553. The standard InChI is InChI=1S/C17H16FNO7S2/c1-9-13(16(21)25-2)15(27-14(9)17(22)26-3)19-12(20)8-28(23,24)11-6-4-10(18)5-7-11/h4-7H,8H2,1-3H3,(H,19,20). The molecule has 0 spiro atoms. The molecular formula is C17H16FNO7S2. The Morgan fingerprint density at radius 1 is 1.07 bits per heavy atom. The van der Waals surface area contributed by atoms with Gasteiger partial charge >= 0.3 is 11.9 Å². The zero-order valence-corrected chi connectivity index (χ0v) is 16.7. The van der Waals surface area contributed by atoms with Gasteiger partial charge in [-0.05, 0) is 36.8 Å². The Kier molecular flexibility index (Phi) is 6.52. The van der Waals surface area contributed by atoms with E-state index in [1.807, 2.05) is 0 Å². The normalized spacial score (nSPS) is 11.0. The van der Waals surface area contributed by atoms with Gasteiger partial charge in [0.15, 0.2) is 9.84 Å². The van der Waals surface area contributed by atoms with Crippen molar-refractivity contribution < 1.29 is 36.7 Å². The zero-order valence-electron chi connectivity index (χ0n) is 15.1. The number of halogens is 1. The lowest BCUT2D eigenvalue weighted by atomic mass is 10.1. The second kappa shape index (κ2) is 8.48. The molecule has 1 N–H and O–H groups in total. The molecule has 0 saturated heterocycles. The van der Waals surface area contributed by atoms with E-state index in [9.17, 15) is 27.2 Å². The van der Waals surface area contributed by atoms with E-state index in [2.05, 4.69) is 14.8 Å². The number of benzene rings is 1. The van der Waals surface area contributed by atoms with E-state index in [-0.39, 0.29) is 25.9 Å². The molecule has 0 fully saturated rings. The molecule has 150 valence electrons. The van der Waals surface area contributed by atoms with Crippen molar-refractivity contribution in [2.45, 2.75) is 11.8 Å². The fraction of sp³-hybridized carbons (Fsp3) is 0.235. The Morgan fingerprint density at radius 3 is 2.18 bits per heavy atom. The molecule has 0 aliphatic rings. The van der Waals surface area contributed by atoms with Gasteiger partial charge in [-0.1, -0.05) is 0 Å². The van der Waals surface area contributed by atoms with Gasteiger partial charge < -0.3 is 14.8 Å². The van der Waals surface area contributed by atoms with Crippen LogP contribution in [0.15, 0.2) is 29.2 Å². The molecule has 8 nitrogen and oxygen atoms in total. The molecule has 2 rings (SSSR count). The highest BCUT2D eigenvalue weighted by Crippen LogP contribution is 2.34. The molecule has 0 radical (unpaired) electrons. The van der Waals surface area contributed by atoms with E-state index >= 15 is 0 Å². The van der Waals surface area contributed by atoms with Gasteiger partial charge in [-0.3, -0.25) is 4.79 Å². The molecule has 0 aliphatic carbocycles. The van der Waals surface area contributed by atoms with E-state index in [0.717, 1.165) is 49.8 Å². The van der Waals surface area contributed by atoms with Crippen LogP contribution in [0.3, 0.4) is 0 Å². The molecule has 1 aromatic heterocycles. The van der Waals surface area contributed by atoms with Crippen LogP contribution in [0.4, 0.5) is 9.39 Å². The number of hydrogen-bond acceptors (Lipinski definition) is 8. The minimum absolute atomic E-state index is 0.0379. The number of ether oxygens (including phenoxy) is 2. The van der Waals surface area contributed by atoms with Crippen molar-refractivity contribution in [2.24, 2.45) is 0 Å². The Balaban J connectivity index is 2.31. The molecule has 0 atom stereocenters. The van der Waals surface area contributed by atoms with Gasteiger partial charge in [0, 0.05) is 0 Å². The van der Waals surface area contributed by atoms with E-state index in [4.69, 9.17) is 0 Å². The second-order valence-corrected chi connectivity index (χ2v) is 8.51. The molecule has 2 aromatic rings. The molecule has 1 heterocycles. The number of carbonyl (C=O) groups is 3. The summed E-state index contributed by atoms with van der Waals surface area (Å²) < 4.78 is 46.8. The highest BCUT2D eigenvalue weighted by atomic mass is 32.2. The predicted molar refractivity (Wildman–Crippen MR) is 98.8 cm³/mol. The highest BCUT2D eigenvalue weighted by molar-refractivity contribution is 7.92. The van der Waals surface area contributed by atoms with Crippen molar-refractivity contribution in [3.05, 3.63) is 46.1 Å². The van der Waals surface area contributed by atoms with Crippen LogP contribution in [0.5, 0.6) is 0 Å². The molecular weight excluding hydrogens is 413 g/mol. The summed E-state index contributed by atoms with van der Waals surface area (Å²) >= 11 is 0.763. The average Bonchev–Trinajstić information content (AvgIpc) is 2.96. The first kappa shape index (κ1) is 21.5. The van der Waals surface area contributed by atoms with Gasteiger partial charge in [0.05, 0.1) is 24.7 Å². The SMILES string of the molecule is COC(=O)c1sc(NC(=O)CS(=O)(=O)c2ccc(F)cc2)c(C(=O)OC)c1C. The van der Waals surface area contributed by atoms with Gasteiger partial charge in [-0.15, -0.1) is 11.3 Å². The number of esters is 2. The number of nitrogens with one attached hydrogen (secondary N) is 1. The van der Waals surface area contributed by atoms with Gasteiger partial charge in [0.2, 0.25) is 5.91 Å².